The Labute approximate surface area is 178 Å². The number of fused-ring (bicyclic) bond motifs is 1. The predicted octanol–water partition coefficient (Wildman–Crippen LogP) is 6.81. The molecule has 3 nitrogen and oxygen atoms in total. The summed E-state index contributed by atoms with van der Waals surface area (Å²) in [7, 11) is -1.27. The van der Waals surface area contributed by atoms with Crippen LogP contribution in [0.5, 0.6) is 11.5 Å². The highest BCUT2D eigenvalue weighted by atomic mass is 31.2. The molecule has 0 N–H and O–H groups in total. The largest absolute Gasteiger partial charge is 0.439 e. The van der Waals surface area contributed by atoms with Crippen molar-refractivity contribution in [1.29, 1.82) is 0 Å². The number of carbonyl (C=O) groups excluding carboxylic acids is 1. The predicted molar refractivity (Wildman–Crippen MR) is 123 cm³/mol. The van der Waals surface area contributed by atoms with Crippen LogP contribution < -0.4 is 9.05 Å². The molecule has 0 aliphatic heterocycles. The molecule has 4 rings (SSSR count). The number of carbonyl (C=O) groups is 1. The molecule has 0 heterocycles. The van der Waals surface area contributed by atoms with E-state index in [1.165, 1.54) is 5.39 Å². The molecular weight excluding hydrogens is 391 g/mol. The summed E-state index contributed by atoms with van der Waals surface area (Å²) in [5.41, 5.74) is 1.04. The highest BCUT2D eigenvalue weighted by Gasteiger charge is 2.17. The Morgan fingerprint density at radius 1 is 0.667 bits per heavy atom. The molecule has 4 aromatic carbocycles. The van der Waals surface area contributed by atoms with Gasteiger partial charge in [-0.1, -0.05) is 78.9 Å². The summed E-state index contributed by atoms with van der Waals surface area (Å²) in [6.45, 7) is 0. The fourth-order valence-corrected chi connectivity index (χ4v) is 4.55. The van der Waals surface area contributed by atoms with Gasteiger partial charge in [0.1, 0.15) is 17.3 Å². The lowest BCUT2D eigenvalue weighted by Gasteiger charge is -2.18. The van der Waals surface area contributed by atoms with Crippen LogP contribution in [0.2, 0.25) is 0 Å². The highest BCUT2D eigenvalue weighted by Crippen LogP contribution is 2.41. The fourth-order valence-electron chi connectivity index (χ4n) is 3.19. The molecule has 0 aliphatic rings. The number of ketones is 1. The maximum atomic E-state index is 12.7. The summed E-state index contributed by atoms with van der Waals surface area (Å²) in [5, 5.41) is 2.34. The molecule has 0 spiro atoms. The van der Waals surface area contributed by atoms with Crippen LogP contribution in [-0.4, -0.2) is 11.9 Å². The van der Waals surface area contributed by atoms with Gasteiger partial charge in [0.05, 0.1) is 0 Å². The Morgan fingerprint density at radius 3 is 1.87 bits per heavy atom. The molecule has 4 aromatic rings. The highest BCUT2D eigenvalue weighted by molar-refractivity contribution is 7.48. The van der Waals surface area contributed by atoms with Crippen molar-refractivity contribution < 1.29 is 13.8 Å². The summed E-state index contributed by atoms with van der Waals surface area (Å²) < 4.78 is 12.1. The second-order valence-corrected chi connectivity index (χ2v) is 8.49. The average molecular weight is 414 g/mol. The molecule has 0 unspecified atom stereocenters. The first-order valence-corrected chi connectivity index (χ1v) is 11.4. The first-order valence-electron chi connectivity index (χ1n) is 9.99. The van der Waals surface area contributed by atoms with Gasteiger partial charge in [0.15, 0.2) is 0 Å². The standard InChI is InChI=1S/C26H23O3P/c27-24(20-21-15-16-22-9-7-8-10-23(22)19-21)17-18-30(28-25-11-3-1-4-12-25)29-26-13-5-2-6-14-26/h1-16,19H,17-18,20H2. The van der Waals surface area contributed by atoms with Gasteiger partial charge in [0, 0.05) is 19.0 Å². The van der Waals surface area contributed by atoms with Crippen LogP contribution in [-0.2, 0) is 11.2 Å². The van der Waals surface area contributed by atoms with E-state index < -0.39 is 8.38 Å². The second kappa shape index (κ2) is 10.0. The molecule has 0 bridgehead atoms. The minimum Gasteiger partial charge on any atom is -0.439 e. The molecule has 30 heavy (non-hydrogen) atoms. The first kappa shape index (κ1) is 20.1. The van der Waals surface area contributed by atoms with Gasteiger partial charge in [-0.05, 0) is 40.6 Å². The number of hydrogen-bond acceptors (Lipinski definition) is 3. The van der Waals surface area contributed by atoms with Crippen LogP contribution in [0.25, 0.3) is 10.8 Å². The van der Waals surface area contributed by atoms with Crippen LogP contribution in [0, 0.1) is 0 Å². The van der Waals surface area contributed by atoms with Gasteiger partial charge < -0.3 is 9.05 Å². The SMILES string of the molecule is O=C(CCP(Oc1ccccc1)Oc1ccccc1)Cc1ccc2ccccc2c1. The maximum Gasteiger partial charge on any atom is 0.290 e. The molecule has 0 fully saturated rings. The van der Waals surface area contributed by atoms with Gasteiger partial charge in [-0.15, -0.1) is 0 Å². The molecule has 0 atom stereocenters. The zero-order valence-corrected chi connectivity index (χ0v) is 17.5. The van der Waals surface area contributed by atoms with Crippen molar-refractivity contribution in [2.45, 2.75) is 12.8 Å². The third-order valence-corrected chi connectivity index (χ3v) is 6.11. The number of para-hydroxylation sites is 2. The first-order chi connectivity index (χ1) is 14.8. The van der Waals surface area contributed by atoms with E-state index in [2.05, 4.69) is 24.3 Å². The van der Waals surface area contributed by atoms with E-state index in [9.17, 15) is 4.79 Å². The second-order valence-electron chi connectivity index (χ2n) is 7.01. The molecule has 0 aromatic heterocycles. The number of hydrogen-bond donors (Lipinski definition) is 0. The fraction of sp³-hybridized carbons (Fsp3) is 0.115. The van der Waals surface area contributed by atoms with Crippen LogP contribution >= 0.6 is 8.38 Å². The smallest absolute Gasteiger partial charge is 0.290 e. The average Bonchev–Trinajstić information content (AvgIpc) is 2.79. The van der Waals surface area contributed by atoms with E-state index in [4.69, 9.17) is 9.05 Å². The molecule has 0 saturated carbocycles. The lowest BCUT2D eigenvalue weighted by molar-refractivity contribution is -0.118. The third-order valence-electron chi connectivity index (χ3n) is 4.69. The third kappa shape index (κ3) is 5.68. The van der Waals surface area contributed by atoms with Crippen LogP contribution in [0.15, 0.2) is 103 Å². The number of benzene rings is 4. The zero-order chi connectivity index (χ0) is 20.6. The van der Waals surface area contributed by atoms with E-state index in [0.29, 0.717) is 19.0 Å². The van der Waals surface area contributed by atoms with E-state index in [1.807, 2.05) is 78.9 Å². The Morgan fingerprint density at radius 2 is 1.23 bits per heavy atom. The monoisotopic (exact) mass is 414 g/mol. The minimum absolute atomic E-state index is 0.186. The van der Waals surface area contributed by atoms with Gasteiger partial charge in [-0.3, -0.25) is 4.79 Å². The minimum atomic E-state index is -1.27. The molecular formula is C26H23O3P. The van der Waals surface area contributed by atoms with E-state index in [-0.39, 0.29) is 5.78 Å². The Balaban J connectivity index is 1.39. The quantitative estimate of drug-likeness (QED) is 0.282. The van der Waals surface area contributed by atoms with E-state index in [0.717, 1.165) is 22.4 Å². The van der Waals surface area contributed by atoms with Crippen molar-refractivity contribution in [3.05, 3.63) is 109 Å². The molecule has 0 aliphatic carbocycles. The van der Waals surface area contributed by atoms with Crippen molar-refractivity contribution in [1.82, 2.24) is 0 Å². The Hall–Kier alpha value is -3.16. The van der Waals surface area contributed by atoms with Crippen molar-refractivity contribution in [2.24, 2.45) is 0 Å². The summed E-state index contributed by atoms with van der Waals surface area (Å²) in [4.78, 5) is 12.7. The van der Waals surface area contributed by atoms with Crippen LogP contribution in [0.1, 0.15) is 12.0 Å². The van der Waals surface area contributed by atoms with Crippen LogP contribution in [0.4, 0.5) is 0 Å². The van der Waals surface area contributed by atoms with Gasteiger partial charge in [-0.25, -0.2) is 0 Å². The van der Waals surface area contributed by atoms with Gasteiger partial charge >= 0.3 is 0 Å². The van der Waals surface area contributed by atoms with Gasteiger partial charge in [0.2, 0.25) is 0 Å². The summed E-state index contributed by atoms with van der Waals surface area (Å²) >= 11 is 0. The lowest BCUT2D eigenvalue weighted by Crippen LogP contribution is -2.08. The van der Waals surface area contributed by atoms with E-state index >= 15 is 0 Å². The zero-order valence-electron chi connectivity index (χ0n) is 16.6. The summed E-state index contributed by atoms with van der Waals surface area (Å²) in [6.07, 6.45) is 1.38. The van der Waals surface area contributed by atoms with Crippen molar-refractivity contribution in [3.8, 4) is 11.5 Å². The van der Waals surface area contributed by atoms with Crippen molar-refractivity contribution in [2.75, 3.05) is 6.16 Å². The summed E-state index contributed by atoms with van der Waals surface area (Å²) in [6, 6.07) is 33.6. The molecule has 0 radical (unpaired) electrons. The molecule has 150 valence electrons. The number of Topliss-reactive ketones (excluding diaryl/α,β-unsaturated/α-hetero) is 1. The normalized spacial score (nSPS) is 10.8. The lowest BCUT2D eigenvalue weighted by atomic mass is 10.0. The maximum absolute atomic E-state index is 12.7. The summed E-state index contributed by atoms with van der Waals surface area (Å²) in [5.74, 6) is 1.69. The molecule has 4 heteroatoms. The number of rotatable bonds is 9. The Kier molecular flexibility index (Phi) is 6.74. The topological polar surface area (TPSA) is 35.5 Å². The van der Waals surface area contributed by atoms with E-state index in [1.54, 1.807) is 0 Å². The van der Waals surface area contributed by atoms with Crippen LogP contribution in [0.3, 0.4) is 0 Å². The molecule has 0 amide bonds. The van der Waals surface area contributed by atoms with Crippen molar-refractivity contribution in [3.63, 3.8) is 0 Å². The Bertz CT molecular complexity index is 1060. The van der Waals surface area contributed by atoms with Crippen molar-refractivity contribution >= 4 is 24.9 Å². The molecule has 0 saturated heterocycles. The van der Waals surface area contributed by atoms with Gasteiger partial charge in [-0.2, -0.15) is 0 Å². The van der Waals surface area contributed by atoms with Gasteiger partial charge in [0.25, 0.3) is 8.38 Å².